The van der Waals surface area contributed by atoms with E-state index in [0.717, 1.165) is 24.3 Å². The average Bonchev–Trinajstić information content (AvgIpc) is 2.65. The van der Waals surface area contributed by atoms with Gasteiger partial charge >= 0.3 is 0 Å². The number of nitrogens with one attached hydrogen (secondary N) is 1. The fourth-order valence-corrected chi connectivity index (χ4v) is 3.35. The van der Waals surface area contributed by atoms with Crippen molar-refractivity contribution in [2.75, 3.05) is 38.3 Å². The van der Waals surface area contributed by atoms with Gasteiger partial charge in [0.05, 0.1) is 19.6 Å². The number of nitrogens with zero attached hydrogens (tertiary/aromatic N) is 3. The molecule has 144 valence electrons. The SMILES string of the molecule is Cc1nc(C)c(CC(=O)N(C)Cc2ccccc2N2CCOCC2)c(=O)[nH]1. The first kappa shape index (κ1) is 19.1. The molecule has 0 spiro atoms. The number of aromatic amines is 1. The average molecular weight is 370 g/mol. The molecule has 1 aromatic carbocycles. The summed E-state index contributed by atoms with van der Waals surface area (Å²) in [6.07, 6.45) is 0.0463. The summed E-state index contributed by atoms with van der Waals surface area (Å²) in [5, 5.41) is 0. The van der Waals surface area contributed by atoms with Crippen LogP contribution in [0.3, 0.4) is 0 Å². The predicted molar refractivity (Wildman–Crippen MR) is 104 cm³/mol. The van der Waals surface area contributed by atoms with Gasteiger partial charge in [-0.05, 0) is 25.5 Å². The van der Waals surface area contributed by atoms with Gasteiger partial charge in [-0.25, -0.2) is 4.98 Å². The van der Waals surface area contributed by atoms with E-state index in [9.17, 15) is 9.59 Å². The number of hydrogen-bond donors (Lipinski definition) is 1. The molecule has 2 heterocycles. The minimum Gasteiger partial charge on any atom is -0.378 e. The van der Waals surface area contributed by atoms with Crippen LogP contribution in [-0.2, 0) is 22.5 Å². The van der Waals surface area contributed by atoms with Crippen LogP contribution < -0.4 is 10.5 Å². The summed E-state index contributed by atoms with van der Waals surface area (Å²) in [4.78, 5) is 35.7. The number of ether oxygens (including phenoxy) is 1. The van der Waals surface area contributed by atoms with E-state index in [2.05, 4.69) is 20.9 Å². The number of aryl methyl sites for hydroxylation is 2. The van der Waals surface area contributed by atoms with Crippen molar-refractivity contribution in [2.24, 2.45) is 0 Å². The van der Waals surface area contributed by atoms with Crippen molar-refractivity contribution in [1.82, 2.24) is 14.9 Å². The van der Waals surface area contributed by atoms with Crippen molar-refractivity contribution in [3.8, 4) is 0 Å². The Kier molecular flexibility index (Phi) is 5.91. The van der Waals surface area contributed by atoms with Crippen LogP contribution in [0.15, 0.2) is 29.1 Å². The number of amides is 1. The minimum absolute atomic E-state index is 0.0463. The van der Waals surface area contributed by atoms with Gasteiger partial charge in [0.1, 0.15) is 5.82 Å². The number of carbonyl (C=O) groups is 1. The third kappa shape index (κ3) is 4.54. The zero-order chi connectivity index (χ0) is 19.4. The molecule has 7 nitrogen and oxygen atoms in total. The molecule has 0 radical (unpaired) electrons. The van der Waals surface area contributed by atoms with E-state index in [1.165, 1.54) is 0 Å². The van der Waals surface area contributed by atoms with Crippen LogP contribution in [0.25, 0.3) is 0 Å². The van der Waals surface area contributed by atoms with Gasteiger partial charge in [0.2, 0.25) is 5.91 Å². The normalized spacial score (nSPS) is 14.3. The predicted octanol–water partition coefficient (Wildman–Crippen LogP) is 1.42. The van der Waals surface area contributed by atoms with Gasteiger partial charge in [0.15, 0.2) is 0 Å². The maximum atomic E-state index is 12.7. The molecule has 0 bridgehead atoms. The molecule has 0 atom stereocenters. The highest BCUT2D eigenvalue weighted by molar-refractivity contribution is 5.78. The van der Waals surface area contributed by atoms with E-state index in [1.807, 2.05) is 18.2 Å². The maximum Gasteiger partial charge on any atom is 0.254 e. The molecule has 0 aliphatic carbocycles. The van der Waals surface area contributed by atoms with E-state index < -0.39 is 0 Å². The van der Waals surface area contributed by atoms with Crippen LogP contribution in [0.5, 0.6) is 0 Å². The van der Waals surface area contributed by atoms with E-state index in [-0.39, 0.29) is 17.9 Å². The Balaban J connectivity index is 1.73. The summed E-state index contributed by atoms with van der Waals surface area (Å²) in [6, 6.07) is 8.12. The number of aromatic nitrogens is 2. The Hall–Kier alpha value is -2.67. The highest BCUT2D eigenvalue weighted by Gasteiger charge is 2.19. The molecule has 27 heavy (non-hydrogen) atoms. The van der Waals surface area contributed by atoms with Crippen LogP contribution in [0, 0.1) is 13.8 Å². The third-order valence-corrected chi connectivity index (χ3v) is 4.85. The van der Waals surface area contributed by atoms with Crippen molar-refractivity contribution in [1.29, 1.82) is 0 Å². The molecule has 0 unspecified atom stereocenters. The lowest BCUT2D eigenvalue weighted by molar-refractivity contribution is -0.129. The zero-order valence-electron chi connectivity index (χ0n) is 16.1. The first-order valence-electron chi connectivity index (χ1n) is 9.16. The Morgan fingerprint density at radius 1 is 1.26 bits per heavy atom. The van der Waals surface area contributed by atoms with Gasteiger partial charge in [0, 0.05) is 43.6 Å². The van der Waals surface area contributed by atoms with E-state index in [4.69, 9.17) is 4.74 Å². The number of hydrogen-bond acceptors (Lipinski definition) is 5. The summed E-state index contributed by atoms with van der Waals surface area (Å²) < 4.78 is 5.43. The van der Waals surface area contributed by atoms with Crippen LogP contribution in [0.2, 0.25) is 0 Å². The van der Waals surface area contributed by atoms with Crippen LogP contribution in [0.4, 0.5) is 5.69 Å². The fraction of sp³-hybridized carbons (Fsp3) is 0.450. The molecule has 1 saturated heterocycles. The van der Waals surface area contributed by atoms with Gasteiger partial charge in [-0.3, -0.25) is 9.59 Å². The number of rotatable bonds is 5. The summed E-state index contributed by atoms with van der Waals surface area (Å²) in [5.41, 5.74) is 3.01. The monoisotopic (exact) mass is 370 g/mol. The summed E-state index contributed by atoms with van der Waals surface area (Å²) in [5.74, 6) is 0.451. The van der Waals surface area contributed by atoms with Gasteiger partial charge in [-0.1, -0.05) is 18.2 Å². The Bertz CT molecular complexity index is 872. The van der Waals surface area contributed by atoms with Gasteiger partial charge in [0.25, 0.3) is 5.56 Å². The number of carbonyl (C=O) groups excluding carboxylic acids is 1. The van der Waals surface area contributed by atoms with Crippen LogP contribution >= 0.6 is 0 Å². The second-order valence-electron chi connectivity index (χ2n) is 6.87. The lowest BCUT2D eigenvalue weighted by Crippen LogP contribution is -2.37. The van der Waals surface area contributed by atoms with Crippen LogP contribution in [-0.4, -0.2) is 54.1 Å². The highest BCUT2D eigenvalue weighted by atomic mass is 16.5. The molecule has 1 aliphatic rings. The lowest BCUT2D eigenvalue weighted by Gasteiger charge is -2.31. The number of likely N-dealkylation sites (N-methyl/N-ethyl adjacent to an activating group) is 1. The molecule has 1 aromatic heterocycles. The smallest absolute Gasteiger partial charge is 0.254 e. The zero-order valence-corrected chi connectivity index (χ0v) is 16.1. The quantitative estimate of drug-likeness (QED) is 0.861. The van der Waals surface area contributed by atoms with Gasteiger partial charge in [-0.2, -0.15) is 0 Å². The number of benzene rings is 1. The maximum absolute atomic E-state index is 12.7. The Morgan fingerprint density at radius 2 is 1.96 bits per heavy atom. The summed E-state index contributed by atoms with van der Waals surface area (Å²) >= 11 is 0. The van der Waals surface area contributed by atoms with Gasteiger partial charge < -0.3 is 19.5 Å². The molecule has 1 N–H and O–H groups in total. The first-order chi connectivity index (χ1) is 13.0. The first-order valence-corrected chi connectivity index (χ1v) is 9.16. The topological polar surface area (TPSA) is 78.5 Å². The molecular weight excluding hydrogens is 344 g/mol. The molecular formula is C20H26N4O3. The molecule has 0 saturated carbocycles. The second kappa shape index (κ2) is 8.35. The lowest BCUT2D eigenvalue weighted by atomic mass is 10.1. The number of anilines is 1. The minimum atomic E-state index is -0.240. The van der Waals surface area contributed by atoms with E-state index in [1.54, 1.807) is 25.8 Å². The number of para-hydroxylation sites is 1. The fourth-order valence-electron chi connectivity index (χ4n) is 3.35. The molecule has 2 aromatic rings. The summed E-state index contributed by atoms with van der Waals surface area (Å²) in [6.45, 7) is 7.10. The Morgan fingerprint density at radius 3 is 2.67 bits per heavy atom. The van der Waals surface area contributed by atoms with E-state index in [0.29, 0.717) is 36.8 Å². The van der Waals surface area contributed by atoms with Crippen molar-refractivity contribution < 1.29 is 9.53 Å². The number of H-pyrrole nitrogens is 1. The third-order valence-electron chi connectivity index (χ3n) is 4.85. The van der Waals surface area contributed by atoms with Gasteiger partial charge in [-0.15, -0.1) is 0 Å². The summed E-state index contributed by atoms with van der Waals surface area (Å²) in [7, 11) is 1.77. The van der Waals surface area contributed by atoms with Crippen molar-refractivity contribution in [3.63, 3.8) is 0 Å². The Labute approximate surface area is 159 Å². The van der Waals surface area contributed by atoms with E-state index >= 15 is 0 Å². The molecule has 1 fully saturated rings. The number of morpholine rings is 1. The standard InChI is InChI=1S/C20H26N4O3/c1-14-17(20(26)22-15(2)21-14)12-19(25)23(3)13-16-6-4-5-7-18(16)24-8-10-27-11-9-24/h4-7H,8-13H2,1-3H3,(H,21,22,26). The molecule has 3 rings (SSSR count). The van der Waals surface area contributed by atoms with Crippen LogP contribution in [0.1, 0.15) is 22.6 Å². The van der Waals surface area contributed by atoms with Crippen molar-refractivity contribution >= 4 is 11.6 Å². The molecule has 1 aliphatic heterocycles. The van der Waals surface area contributed by atoms with Crippen molar-refractivity contribution in [3.05, 3.63) is 57.3 Å². The molecule has 7 heteroatoms. The molecule has 1 amide bonds. The second-order valence-corrected chi connectivity index (χ2v) is 6.87. The largest absolute Gasteiger partial charge is 0.378 e. The van der Waals surface area contributed by atoms with Crippen molar-refractivity contribution in [2.45, 2.75) is 26.8 Å². The highest BCUT2D eigenvalue weighted by Crippen LogP contribution is 2.23.